The predicted octanol–water partition coefficient (Wildman–Crippen LogP) is 1.19. The highest BCUT2D eigenvalue weighted by molar-refractivity contribution is 5.73. The second kappa shape index (κ2) is 6.08. The second-order valence-electron chi connectivity index (χ2n) is 5.06. The fourth-order valence-corrected chi connectivity index (χ4v) is 1.99. The lowest BCUT2D eigenvalue weighted by molar-refractivity contribution is -0.386. The molecule has 0 bridgehead atoms. The van der Waals surface area contributed by atoms with E-state index in [1.165, 1.54) is 12.1 Å². The van der Waals surface area contributed by atoms with Crippen molar-refractivity contribution in [2.75, 3.05) is 0 Å². The number of aromatic nitrogens is 2. The lowest BCUT2D eigenvalue weighted by Crippen LogP contribution is -2.41. The van der Waals surface area contributed by atoms with Crippen molar-refractivity contribution in [3.8, 4) is 11.3 Å². The van der Waals surface area contributed by atoms with Crippen LogP contribution < -0.4 is 11.2 Å². The van der Waals surface area contributed by atoms with E-state index in [1.54, 1.807) is 18.2 Å². The molecule has 0 unspecified atom stereocenters. The highest BCUT2D eigenvalue weighted by atomic mass is 17.2. The van der Waals surface area contributed by atoms with Gasteiger partial charge in [-0.15, -0.1) is 0 Å². The normalized spacial score (nSPS) is 13.5. The van der Waals surface area contributed by atoms with E-state index in [0.29, 0.717) is 12.8 Å². The molecule has 10 heteroatoms. The molecule has 1 aromatic heterocycles. The molecule has 2 aromatic rings. The summed E-state index contributed by atoms with van der Waals surface area (Å²) in [4.78, 5) is 57.6. The van der Waals surface area contributed by atoms with Crippen LogP contribution >= 0.6 is 0 Å². The van der Waals surface area contributed by atoms with Crippen LogP contribution in [0.4, 0.5) is 10.5 Å². The van der Waals surface area contributed by atoms with E-state index in [9.17, 15) is 24.5 Å². The van der Waals surface area contributed by atoms with Crippen molar-refractivity contribution < 1.29 is 19.5 Å². The number of hydrogen-bond donors (Lipinski definition) is 1. The molecule has 1 aliphatic carbocycles. The third kappa shape index (κ3) is 2.94. The standard InChI is InChI=1S/C14H11N3O7/c18-12-11(17(21)22)10(8-4-2-1-3-5-8)15-13(19)16(12)14(20)24-23-9-6-7-9/h1-5,9H,6-7H2,(H,15,19). The lowest BCUT2D eigenvalue weighted by atomic mass is 10.1. The maximum Gasteiger partial charge on any atom is 0.456 e. The van der Waals surface area contributed by atoms with Crippen molar-refractivity contribution >= 4 is 11.8 Å². The van der Waals surface area contributed by atoms with Gasteiger partial charge in [0.15, 0.2) is 0 Å². The zero-order chi connectivity index (χ0) is 17.3. The largest absolute Gasteiger partial charge is 0.456 e. The van der Waals surface area contributed by atoms with Gasteiger partial charge < -0.3 is 4.98 Å². The Morgan fingerprint density at radius 2 is 1.92 bits per heavy atom. The fraction of sp³-hybridized carbons (Fsp3) is 0.214. The van der Waals surface area contributed by atoms with Crippen molar-refractivity contribution in [1.82, 2.24) is 9.55 Å². The zero-order valence-corrected chi connectivity index (χ0v) is 12.1. The summed E-state index contributed by atoms with van der Waals surface area (Å²) in [6.07, 6.45) is -0.338. The van der Waals surface area contributed by atoms with E-state index in [2.05, 4.69) is 14.8 Å². The van der Waals surface area contributed by atoms with Crippen LogP contribution in [0.15, 0.2) is 39.9 Å². The number of hydrogen-bond acceptors (Lipinski definition) is 7. The smallest absolute Gasteiger partial charge is 0.300 e. The first-order valence-electron chi connectivity index (χ1n) is 6.96. The van der Waals surface area contributed by atoms with E-state index in [1.807, 2.05) is 0 Å². The minimum atomic E-state index is -1.43. The Bertz CT molecular complexity index is 912. The zero-order valence-electron chi connectivity index (χ0n) is 12.1. The summed E-state index contributed by atoms with van der Waals surface area (Å²) < 4.78 is -0.00699. The van der Waals surface area contributed by atoms with Crippen LogP contribution in [-0.2, 0) is 9.78 Å². The third-order valence-electron chi connectivity index (χ3n) is 3.28. The van der Waals surface area contributed by atoms with Crippen molar-refractivity contribution in [2.24, 2.45) is 0 Å². The van der Waals surface area contributed by atoms with E-state index in [4.69, 9.17) is 0 Å². The number of nitrogens with zero attached hydrogens (tertiary/aromatic N) is 2. The average Bonchev–Trinajstić information content (AvgIpc) is 3.37. The van der Waals surface area contributed by atoms with Crippen LogP contribution in [-0.4, -0.2) is 26.7 Å². The fourth-order valence-electron chi connectivity index (χ4n) is 1.99. The summed E-state index contributed by atoms with van der Waals surface area (Å²) in [6, 6.07) is 7.80. The number of benzene rings is 1. The molecule has 1 aromatic carbocycles. The molecular weight excluding hydrogens is 322 g/mol. The van der Waals surface area contributed by atoms with Gasteiger partial charge in [0.05, 0.1) is 4.92 Å². The molecule has 1 saturated carbocycles. The van der Waals surface area contributed by atoms with Gasteiger partial charge in [-0.2, -0.15) is 9.45 Å². The molecule has 10 nitrogen and oxygen atoms in total. The molecule has 24 heavy (non-hydrogen) atoms. The summed E-state index contributed by atoms with van der Waals surface area (Å²) in [5.74, 6) is 0. The highest BCUT2D eigenvalue weighted by Gasteiger charge is 2.30. The van der Waals surface area contributed by atoms with Crippen LogP contribution in [0, 0.1) is 10.1 Å². The first-order valence-corrected chi connectivity index (χ1v) is 6.96. The molecule has 0 aliphatic heterocycles. The molecule has 3 rings (SSSR count). The summed E-state index contributed by atoms with van der Waals surface area (Å²) in [5, 5.41) is 11.3. The monoisotopic (exact) mass is 333 g/mol. The number of rotatable bonds is 4. The molecule has 1 N–H and O–H groups in total. The Balaban J connectivity index is 2.11. The number of aromatic amines is 1. The molecule has 0 radical (unpaired) electrons. The summed E-state index contributed by atoms with van der Waals surface area (Å²) >= 11 is 0. The maximum atomic E-state index is 12.3. The van der Waals surface area contributed by atoms with E-state index in [0.717, 1.165) is 0 Å². The molecule has 1 aliphatic rings. The van der Waals surface area contributed by atoms with Crippen molar-refractivity contribution in [1.29, 1.82) is 0 Å². The van der Waals surface area contributed by atoms with Gasteiger partial charge in [-0.3, -0.25) is 19.8 Å². The van der Waals surface area contributed by atoms with Crippen molar-refractivity contribution in [3.05, 3.63) is 61.3 Å². The van der Waals surface area contributed by atoms with Gasteiger partial charge >= 0.3 is 23.0 Å². The van der Waals surface area contributed by atoms with Crippen LogP contribution in [0.5, 0.6) is 0 Å². The highest BCUT2D eigenvalue weighted by Crippen LogP contribution is 2.24. The second-order valence-corrected chi connectivity index (χ2v) is 5.06. The van der Waals surface area contributed by atoms with Gasteiger partial charge in [-0.05, 0) is 12.8 Å². The van der Waals surface area contributed by atoms with Gasteiger partial charge in [0, 0.05) is 5.56 Å². The molecule has 0 atom stereocenters. The number of nitro groups is 1. The third-order valence-corrected chi connectivity index (χ3v) is 3.28. The molecule has 0 saturated heterocycles. The number of carbonyl (C=O) groups is 1. The quantitative estimate of drug-likeness (QED) is 0.504. The number of H-pyrrole nitrogens is 1. The van der Waals surface area contributed by atoms with Crippen molar-refractivity contribution in [3.63, 3.8) is 0 Å². The van der Waals surface area contributed by atoms with Gasteiger partial charge in [0.1, 0.15) is 11.8 Å². The maximum absolute atomic E-state index is 12.3. The van der Waals surface area contributed by atoms with Gasteiger partial charge in [0.2, 0.25) is 0 Å². The molecular formula is C14H11N3O7. The van der Waals surface area contributed by atoms with Crippen LogP contribution in [0.1, 0.15) is 12.8 Å². The Labute approximate surface area is 133 Å². The first-order chi connectivity index (χ1) is 11.5. The average molecular weight is 333 g/mol. The number of carbonyl (C=O) groups excluding carboxylic acids is 1. The molecule has 0 amide bonds. The first kappa shape index (κ1) is 15.6. The Hall–Kier alpha value is -3.27. The van der Waals surface area contributed by atoms with Gasteiger partial charge in [0.25, 0.3) is 0 Å². The minimum absolute atomic E-state index is 0.00699. The van der Waals surface area contributed by atoms with Crippen molar-refractivity contribution in [2.45, 2.75) is 18.9 Å². The molecule has 0 spiro atoms. The van der Waals surface area contributed by atoms with E-state index in [-0.39, 0.29) is 21.9 Å². The van der Waals surface area contributed by atoms with Crippen LogP contribution in [0.2, 0.25) is 0 Å². The molecule has 124 valence electrons. The Morgan fingerprint density at radius 1 is 1.25 bits per heavy atom. The lowest BCUT2D eigenvalue weighted by Gasteiger charge is -2.06. The number of nitrogens with one attached hydrogen (secondary N) is 1. The minimum Gasteiger partial charge on any atom is -0.300 e. The van der Waals surface area contributed by atoms with Gasteiger partial charge in [-0.25, -0.2) is 9.59 Å². The SMILES string of the molecule is O=C(OOC1CC1)n1c(=O)[nH]c(-c2ccccc2)c([N+](=O)[O-])c1=O. The molecule has 1 heterocycles. The van der Waals surface area contributed by atoms with E-state index < -0.39 is 28.0 Å². The summed E-state index contributed by atoms with van der Waals surface area (Å²) in [6.45, 7) is 0. The van der Waals surface area contributed by atoms with Crippen LogP contribution in [0.25, 0.3) is 11.3 Å². The molecule has 1 fully saturated rings. The predicted molar refractivity (Wildman–Crippen MR) is 79.4 cm³/mol. The van der Waals surface area contributed by atoms with E-state index >= 15 is 0 Å². The summed E-state index contributed by atoms with van der Waals surface area (Å²) in [7, 11) is 0. The Morgan fingerprint density at radius 3 is 2.50 bits per heavy atom. The summed E-state index contributed by atoms with van der Waals surface area (Å²) in [5.41, 5.74) is -3.53. The van der Waals surface area contributed by atoms with Gasteiger partial charge in [-0.1, -0.05) is 30.3 Å². The topological polar surface area (TPSA) is 134 Å². The Kier molecular flexibility index (Phi) is 3.96. The van der Waals surface area contributed by atoms with Crippen LogP contribution in [0.3, 0.4) is 0 Å².